The molecule has 0 N–H and O–H groups in total. The van der Waals surface area contributed by atoms with E-state index in [0.717, 1.165) is 0 Å². The average molecular weight is 233 g/mol. The third-order valence-electron chi connectivity index (χ3n) is 2.18. The normalized spacial score (nSPS) is 28.7. The molecule has 0 amide bonds. The predicted molar refractivity (Wildman–Crippen MR) is 46.5 cm³/mol. The van der Waals surface area contributed by atoms with Gasteiger partial charge in [0.05, 0.1) is 5.75 Å². The summed E-state index contributed by atoms with van der Waals surface area (Å²) in [5, 5.41) is 0. The summed E-state index contributed by atoms with van der Waals surface area (Å²) in [6.07, 6.45) is 0.427. The van der Waals surface area contributed by atoms with E-state index in [2.05, 4.69) is 0 Å². The largest absolute Gasteiger partial charge is 0.248 e. The lowest BCUT2D eigenvalue weighted by molar-refractivity contribution is -0.0488. The Balaban J connectivity index is 2.53. The van der Waals surface area contributed by atoms with Crippen LogP contribution in [0.3, 0.4) is 0 Å². The van der Waals surface area contributed by atoms with Crippen molar-refractivity contribution in [3.8, 4) is 0 Å². The van der Waals surface area contributed by atoms with Crippen LogP contribution in [0.5, 0.6) is 0 Å². The second-order valence-electron chi connectivity index (χ2n) is 3.52. The van der Waals surface area contributed by atoms with Gasteiger partial charge in [0.1, 0.15) is 0 Å². The molecule has 1 saturated carbocycles. The smallest absolute Gasteiger partial charge is 0.212 e. The minimum Gasteiger partial charge on any atom is -0.212 e. The Kier molecular flexibility index (Phi) is 3.17. The van der Waals surface area contributed by atoms with Crippen molar-refractivity contribution in [3.05, 3.63) is 0 Å². The van der Waals surface area contributed by atoms with Crippen molar-refractivity contribution < 1.29 is 17.2 Å². The van der Waals surface area contributed by atoms with Crippen LogP contribution in [0.1, 0.15) is 25.7 Å². The monoisotopic (exact) mass is 232 g/mol. The fraction of sp³-hybridized carbons (Fsp3) is 1.00. The summed E-state index contributed by atoms with van der Waals surface area (Å²) in [5.74, 6) is -3.51. The van der Waals surface area contributed by atoms with Gasteiger partial charge >= 0.3 is 0 Å². The third-order valence-corrected chi connectivity index (χ3v) is 3.42. The SMILES string of the molecule is O=S(=O)(Cl)C[C@H]1CCCC(F)(F)C1. The molecule has 1 atom stereocenters. The zero-order valence-corrected chi connectivity index (χ0v) is 8.54. The summed E-state index contributed by atoms with van der Waals surface area (Å²) in [6.45, 7) is 0. The first-order valence-electron chi connectivity index (χ1n) is 4.09. The molecule has 78 valence electrons. The van der Waals surface area contributed by atoms with Crippen LogP contribution in [0, 0.1) is 5.92 Å². The highest BCUT2D eigenvalue weighted by Gasteiger charge is 2.37. The molecule has 0 heterocycles. The summed E-state index contributed by atoms with van der Waals surface area (Å²) in [4.78, 5) is 0. The molecule has 0 aromatic rings. The predicted octanol–water partition coefficient (Wildman–Crippen LogP) is 2.38. The first kappa shape index (κ1) is 11.2. The fourth-order valence-corrected chi connectivity index (χ4v) is 3.08. The van der Waals surface area contributed by atoms with E-state index < -0.39 is 20.9 Å². The Morgan fingerprint density at radius 3 is 2.54 bits per heavy atom. The minimum absolute atomic E-state index is 0.133. The maximum atomic E-state index is 12.8. The highest BCUT2D eigenvalue weighted by molar-refractivity contribution is 8.13. The van der Waals surface area contributed by atoms with E-state index in [4.69, 9.17) is 10.7 Å². The van der Waals surface area contributed by atoms with Gasteiger partial charge in [-0.25, -0.2) is 17.2 Å². The first-order chi connectivity index (χ1) is 5.79. The van der Waals surface area contributed by atoms with Gasteiger partial charge in [0.2, 0.25) is 15.0 Å². The summed E-state index contributed by atoms with van der Waals surface area (Å²) >= 11 is 0. The molecule has 1 rings (SSSR count). The van der Waals surface area contributed by atoms with Crippen LogP contribution >= 0.6 is 10.7 Å². The van der Waals surface area contributed by atoms with Crippen molar-refractivity contribution in [1.82, 2.24) is 0 Å². The molecule has 13 heavy (non-hydrogen) atoms. The molecule has 0 spiro atoms. The van der Waals surface area contributed by atoms with Crippen molar-refractivity contribution in [2.24, 2.45) is 5.92 Å². The maximum absolute atomic E-state index is 12.8. The summed E-state index contributed by atoms with van der Waals surface area (Å²) in [5.41, 5.74) is 0. The molecular formula is C7H11ClF2O2S. The Hall–Kier alpha value is 0.1000. The van der Waals surface area contributed by atoms with Gasteiger partial charge in [-0.3, -0.25) is 0 Å². The van der Waals surface area contributed by atoms with Gasteiger partial charge < -0.3 is 0 Å². The topological polar surface area (TPSA) is 34.1 Å². The van der Waals surface area contributed by atoms with E-state index in [1.54, 1.807) is 0 Å². The molecule has 6 heteroatoms. The van der Waals surface area contributed by atoms with Crippen LogP contribution in [0.15, 0.2) is 0 Å². The zero-order chi connectivity index (χ0) is 10.1. The third kappa shape index (κ3) is 4.22. The Labute approximate surface area is 80.7 Å². The molecule has 0 aromatic carbocycles. The second kappa shape index (κ2) is 3.69. The second-order valence-corrected chi connectivity index (χ2v) is 6.35. The molecule has 1 fully saturated rings. The highest BCUT2D eigenvalue weighted by Crippen LogP contribution is 2.37. The van der Waals surface area contributed by atoms with Gasteiger partial charge in [-0.15, -0.1) is 0 Å². The molecule has 0 bridgehead atoms. The summed E-state index contributed by atoms with van der Waals surface area (Å²) in [6, 6.07) is 0. The minimum atomic E-state index is -3.64. The van der Waals surface area contributed by atoms with Crippen LogP contribution in [0.25, 0.3) is 0 Å². The molecule has 0 unspecified atom stereocenters. The van der Waals surface area contributed by atoms with Crippen molar-refractivity contribution in [1.29, 1.82) is 0 Å². The van der Waals surface area contributed by atoms with E-state index in [0.29, 0.717) is 12.8 Å². The van der Waals surface area contributed by atoms with Gasteiger partial charge in [0.25, 0.3) is 0 Å². The van der Waals surface area contributed by atoms with Crippen molar-refractivity contribution in [2.75, 3.05) is 5.75 Å². The Morgan fingerprint density at radius 1 is 1.46 bits per heavy atom. The lowest BCUT2D eigenvalue weighted by Gasteiger charge is -2.27. The highest BCUT2D eigenvalue weighted by atomic mass is 35.7. The molecular weight excluding hydrogens is 222 g/mol. The Bertz CT molecular complexity index is 276. The molecule has 0 saturated heterocycles. The average Bonchev–Trinajstić information content (AvgIpc) is 1.79. The zero-order valence-electron chi connectivity index (χ0n) is 6.97. The van der Waals surface area contributed by atoms with E-state index in [1.807, 2.05) is 0 Å². The lowest BCUT2D eigenvalue weighted by Crippen LogP contribution is -2.29. The van der Waals surface area contributed by atoms with E-state index in [9.17, 15) is 17.2 Å². The van der Waals surface area contributed by atoms with Gasteiger partial charge in [0, 0.05) is 23.5 Å². The quantitative estimate of drug-likeness (QED) is 0.685. The number of halogens is 3. The molecule has 2 nitrogen and oxygen atoms in total. The molecule has 1 aliphatic carbocycles. The van der Waals surface area contributed by atoms with Crippen LogP contribution in [-0.2, 0) is 9.05 Å². The van der Waals surface area contributed by atoms with Crippen LogP contribution < -0.4 is 0 Å². The van der Waals surface area contributed by atoms with Gasteiger partial charge in [0.15, 0.2) is 0 Å². The molecule has 0 radical (unpaired) electrons. The van der Waals surface area contributed by atoms with E-state index >= 15 is 0 Å². The van der Waals surface area contributed by atoms with Crippen molar-refractivity contribution in [2.45, 2.75) is 31.6 Å². The molecule has 1 aliphatic rings. The lowest BCUT2D eigenvalue weighted by atomic mass is 9.88. The number of rotatable bonds is 2. The van der Waals surface area contributed by atoms with Crippen molar-refractivity contribution >= 4 is 19.7 Å². The van der Waals surface area contributed by atoms with Crippen LogP contribution in [-0.4, -0.2) is 20.1 Å². The standard InChI is InChI=1S/C7H11ClF2O2S/c8-13(11,12)5-6-2-1-3-7(9,10)4-6/h6H,1-5H2/t6-/m0/s1. The molecule has 0 aromatic heterocycles. The summed E-state index contributed by atoms with van der Waals surface area (Å²) < 4.78 is 46.8. The summed E-state index contributed by atoms with van der Waals surface area (Å²) in [7, 11) is 1.35. The van der Waals surface area contributed by atoms with Gasteiger partial charge in [-0.05, 0) is 18.8 Å². The maximum Gasteiger partial charge on any atom is 0.248 e. The number of hydrogen-bond acceptors (Lipinski definition) is 2. The van der Waals surface area contributed by atoms with Crippen LogP contribution in [0.2, 0.25) is 0 Å². The van der Waals surface area contributed by atoms with Gasteiger partial charge in [-0.2, -0.15) is 0 Å². The van der Waals surface area contributed by atoms with Crippen molar-refractivity contribution in [3.63, 3.8) is 0 Å². The molecule has 0 aliphatic heterocycles. The number of alkyl halides is 2. The van der Waals surface area contributed by atoms with Crippen LogP contribution in [0.4, 0.5) is 8.78 Å². The van der Waals surface area contributed by atoms with Gasteiger partial charge in [-0.1, -0.05) is 0 Å². The number of hydrogen-bond donors (Lipinski definition) is 0. The fourth-order valence-electron chi connectivity index (χ4n) is 1.70. The first-order valence-corrected chi connectivity index (χ1v) is 6.56. The Morgan fingerprint density at radius 2 is 2.08 bits per heavy atom. The van der Waals surface area contributed by atoms with E-state index in [1.165, 1.54) is 0 Å². The van der Waals surface area contributed by atoms with E-state index in [-0.39, 0.29) is 18.6 Å².